The van der Waals surface area contributed by atoms with E-state index in [2.05, 4.69) is 34.2 Å². The quantitative estimate of drug-likeness (QED) is 0.447. The van der Waals surface area contributed by atoms with E-state index in [0.717, 1.165) is 12.8 Å². The van der Waals surface area contributed by atoms with Crippen molar-refractivity contribution in [1.29, 1.82) is 0 Å². The van der Waals surface area contributed by atoms with Crippen molar-refractivity contribution >= 4 is 11.9 Å². The summed E-state index contributed by atoms with van der Waals surface area (Å²) in [7, 11) is 2.94. The predicted molar refractivity (Wildman–Crippen MR) is 136 cm³/mol. The van der Waals surface area contributed by atoms with Gasteiger partial charge in [0, 0.05) is 30.1 Å². The summed E-state index contributed by atoms with van der Waals surface area (Å²) in [6.45, 7) is 0.297. The highest BCUT2D eigenvalue weighted by Gasteiger charge is 2.46. The molecule has 2 bridgehead atoms. The average Bonchev–Trinajstić information content (AvgIpc) is 3.41. The van der Waals surface area contributed by atoms with Crippen molar-refractivity contribution in [2.75, 3.05) is 20.8 Å². The number of hydrogen-bond acceptors (Lipinski definition) is 7. The SMILES string of the molecule is COc1ncc(C(=O)C2CC3CCC(C2)N3C(=O)OCC2c3ccccc3-c3ccccc32)c(OC)n1. The van der Waals surface area contributed by atoms with Gasteiger partial charge < -0.3 is 19.1 Å². The Balaban J connectivity index is 1.14. The normalized spacial score (nSPS) is 21.8. The van der Waals surface area contributed by atoms with Gasteiger partial charge in [0.2, 0.25) is 5.88 Å². The van der Waals surface area contributed by atoms with E-state index in [1.54, 1.807) is 0 Å². The lowest BCUT2D eigenvalue weighted by molar-refractivity contribution is 0.0504. The molecule has 8 nitrogen and oxygen atoms in total. The molecular weight excluding hydrogens is 470 g/mol. The number of benzene rings is 2. The van der Waals surface area contributed by atoms with Crippen LogP contribution in [0.15, 0.2) is 54.7 Å². The third-order valence-corrected chi connectivity index (χ3v) is 8.02. The lowest BCUT2D eigenvalue weighted by atomic mass is 9.85. The molecule has 0 saturated carbocycles. The number of ketones is 1. The maximum Gasteiger partial charge on any atom is 0.410 e. The van der Waals surface area contributed by atoms with Crippen LogP contribution < -0.4 is 9.47 Å². The van der Waals surface area contributed by atoms with Crippen LogP contribution in [0.25, 0.3) is 11.1 Å². The predicted octanol–water partition coefficient (Wildman–Crippen LogP) is 4.87. The van der Waals surface area contributed by atoms with Crippen molar-refractivity contribution in [3.63, 3.8) is 0 Å². The van der Waals surface area contributed by atoms with E-state index >= 15 is 0 Å². The second kappa shape index (κ2) is 9.50. The molecule has 2 unspecified atom stereocenters. The number of nitrogens with zero attached hydrogens (tertiary/aromatic N) is 3. The molecule has 1 amide bonds. The number of rotatable bonds is 6. The minimum Gasteiger partial charge on any atom is -0.480 e. The van der Waals surface area contributed by atoms with E-state index in [1.165, 1.54) is 42.7 Å². The number of amides is 1. The van der Waals surface area contributed by atoms with Crippen molar-refractivity contribution in [2.45, 2.75) is 43.7 Å². The van der Waals surface area contributed by atoms with E-state index in [1.807, 2.05) is 29.2 Å². The van der Waals surface area contributed by atoms with Gasteiger partial charge in [-0.1, -0.05) is 48.5 Å². The Morgan fingerprint density at radius 2 is 1.54 bits per heavy atom. The molecular formula is C29H29N3O5. The highest BCUT2D eigenvalue weighted by Crippen LogP contribution is 2.45. The van der Waals surface area contributed by atoms with Crippen LogP contribution in [0.5, 0.6) is 11.9 Å². The van der Waals surface area contributed by atoms with Gasteiger partial charge in [-0.2, -0.15) is 4.98 Å². The number of carbonyl (C=O) groups is 2. The maximum atomic E-state index is 13.4. The lowest BCUT2D eigenvalue weighted by Gasteiger charge is -2.37. The Morgan fingerprint density at radius 1 is 0.919 bits per heavy atom. The van der Waals surface area contributed by atoms with Crippen LogP contribution in [0.1, 0.15) is 53.1 Å². The molecule has 0 spiro atoms. The molecule has 2 saturated heterocycles. The number of ether oxygens (including phenoxy) is 3. The first-order valence-corrected chi connectivity index (χ1v) is 12.7. The number of piperidine rings is 1. The Hall–Kier alpha value is -3.94. The summed E-state index contributed by atoms with van der Waals surface area (Å²) in [5, 5.41) is 0. The first kappa shape index (κ1) is 23.5. The van der Waals surface area contributed by atoms with Gasteiger partial charge in [-0.15, -0.1) is 0 Å². The fourth-order valence-corrected chi connectivity index (χ4v) is 6.35. The third kappa shape index (κ3) is 4.00. The van der Waals surface area contributed by atoms with Gasteiger partial charge in [-0.25, -0.2) is 9.78 Å². The minimum atomic E-state index is -0.286. The van der Waals surface area contributed by atoms with Crippen LogP contribution in [-0.4, -0.2) is 59.7 Å². The summed E-state index contributed by atoms with van der Waals surface area (Å²) in [4.78, 5) is 36.8. The molecule has 0 radical (unpaired) electrons. The number of fused-ring (bicyclic) bond motifs is 5. The van der Waals surface area contributed by atoms with Gasteiger partial charge in [-0.3, -0.25) is 4.79 Å². The molecule has 37 heavy (non-hydrogen) atoms. The van der Waals surface area contributed by atoms with Crippen molar-refractivity contribution in [3.05, 3.63) is 71.4 Å². The van der Waals surface area contributed by atoms with Gasteiger partial charge in [0.05, 0.1) is 19.8 Å². The zero-order chi connectivity index (χ0) is 25.5. The molecule has 1 aromatic heterocycles. The summed E-state index contributed by atoms with van der Waals surface area (Å²) in [6, 6.07) is 16.7. The number of hydrogen-bond donors (Lipinski definition) is 0. The first-order chi connectivity index (χ1) is 18.1. The highest BCUT2D eigenvalue weighted by atomic mass is 16.6. The zero-order valence-corrected chi connectivity index (χ0v) is 20.9. The number of methoxy groups -OCH3 is 2. The molecule has 190 valence electrons. The second-order valence-electron chi connectivity index (χ2n) is 9.91. The average molecular weight is 500 g/mol. The Labute approximate surface area is 215 Å². The topological polar surface area (TPSA) is 90.9 Å². The number of aromatic nitrogens is 2. The monoisotopic (exact) mass is 499 g/mol. The molecule has 1 aliphatic carbocycles. The molecule has 2 aromatic carbocycles. The summed E-state index contributed by atoms with van der Waals surface area (Å²) >= 11 is 0. The van der Waals surface area contributed by atoms with E-state index < -0.39 is 0 Å². The molecule has 2 fully saturated rings. The van der Waals surface area contributed by atoms with Crippen LogP contribution in [0.2, 0.25) is 0 Å². The van der Waals surface area contributed by atoms with Crippen LogP contribution >= 0.6 is 0 Å². The van der Waals surface area contributed by atoms with Crippen molar-refractivity contribution in [2.24, 2.45) is 5.92 Å². The number of Topliss-reactive ketones (excluding diaryl/α,β-unsaturated/α-hetero) is 1. The van der Waals surface area contributed by atoms with Gasteiger partial charge in [-0.05, 0) is 47.9 Å². The molecule has 6 rings (SSSR count). The summed E-state index contributed by atoms with van der Waals surface area (Å²) in [5.74, 6) is -0.0385. The minimum absolute atomic E-state index is 0.0199. The molecule has 3 aromatic rings. The molecule has 3 heterocycles. The molecule has 8 heteroatoms. The van der Waals surface area contributed by atoms with Crippen LogP contribution in [0.4, 0.5) is 4.79 Å². The summed E-state index contributed by atoms with van der Waals surface area (Å²) in [6.07, 6.45) is 4.10. The fraction of sp³-hybridized carbons (Fsp3) is 0.379. The van der Waals surface area contributed by atoms with Gasteiger partial charge in [0.15, 0.2) is 5.78 Å². The van der Waals surface area contributed by atoms with E-state index in [9.17, 15) is 9.59 Å². The van der Waals surface area contributed by atoms with E-state index in [0.29, 0.717) is 25.0 Å². The third-order valence-electron chi connectivity index (χ3n) is 8.02. The van der Waals surface area contributed by atoms with Gasteiger partial charge >= 0.3 is 12.1 Å². The Bertz CT molecular complexity index is 1300. The van der Waals surface area contributed by atoms with Gasteiger partial charge in [0.1, 0.15) is 6.61 Å². The standard InChI is InChI=1S/C29H29N3O5/c1-35-27-24(15-30-28(31-27)36-2)26(33)17-13-18-11-12-19(14-17)32(18)29(34)37-16-25-22-9-5-3-7-20(22)21-8-4-6-10-23(21)25/h3-10,15,17-19,25H,11-14,16H2,1-2H3. The lowest BCUT2D eigenvalue weighted by Crippen LogP contribution is -2.48. The molecule has 2 atom stereocenters. The van der Waals surface area contributed by atoms with Crippen molar-refractivity contribution in [1.82, 2.24) is 14.9 Å². The van der Waals surface area contributed by atoms with E-state index in [4.69, 9.17) is 14.2 Å². The van der Waals surface area contributed by atoms with Crippen LogP contribution in [0, 0.1) is 5.92 Å². The zero-order valence-electron chi connectivity index (χ0n) is 20.9. The first-order valence-electron chi connectivity index (χ1n) is 12.7. The van der Waals surface area contributed by atoms with Gasteiger partial charge in [0.25, 0.3) is 0 Å². The molecule has 2 aliphatic heterocycles. The second-order valence-corrected chi connectivity index (χ2v) is 9.91. The Kier molecular flexibility index (Phi) is 6.02. The maximum absolute atomic E-state index is 13.4. The summed E-state index contributed by atoms with van der Waals surface area (Å²) in [5.41, 5.74) is 5.15. The Morgan fingerprint density at radius 3 is 2.14 bits per heavy atom. The smallest absolute Gasteiger partial charge is 0.410 e. The van der Waals surface area contributed by atoms with Crippen LogP contribution in [0.3, 0.4) is 0 Å². The molecule has 3 aliphatic rings. The van der Waals surface area contributed by atoms with Crippen molar-refractivity contribution < 1.29 is 23.8 Å². The summed E-state index contributed by atoms with van der Waals surface area (Å²) < 4.78 is 16.3. The highest BCUT2D eigenvalue weighted by molar-refractivity contribution is 5.99. The molecule has 0 N–H and O–H groups in total. The fourth-order valence-electron chi connectivity index (χ4n) is 6.35. The van der Waals surface area contributed by atoms with Crippen LogP contribution in [-0.2, 0) is 4.74 Å². The number of carbonyl (C=O) groups excluding carboxylic acids is 2. The van der Waals surface area contributed by atoms with Crippen molar-refractivity contribution in [3.8, 4) is 23.0 Å². The van der Waals surface area contributed by atoms with E-state index in [-0.39, 0.29) is 47.7 Å². The largest absolute Gasteiger partial charge is 0.480 e.